The van der Waals surface area contributed by atoms with E-state index >= 15 is 0 Å². The predicted molar refractivity (Wildman–Crippen MR) is 73.1 cm³/mol. The van der Waals surface area contributed by atoms with Crippen molar-refractivity contribution in [2.75, 3.05) is 0 Å². The summed E-state index contributed by atoms with van der Waals surface area (Å²) in [6.07, 6.45) is -4.74. The zero-order chi connectivity index (χ0) is 15.8. The number of aromatic nitrogens is 3. The minimum atomic E-state index is -4.74. The molecule has 0 saturated heterocycles. The van der Waals surface area contributed by atoms with Crippen LogP contribution >= 0.6 is 15.9 Å². The number of alkyl halides is 3. The SMILES string of the molecule is Cc1c(C(C)N)nnn1-c1ccc(OC(F)(F)F)c(Br)c1. The van der Waals surface area contributed by atoms with Crippen molar-refractivity contribution in [3.8, 4) is 11.4 Å². The number of ether oxygens (including phenoxy) is 1. The van der Waals surface area contributed by atoms with Gasteiger partial charge in [-0.2, -0.15) is 0 Å². The van der Waals surface area contributed by atoms with Crippen LogP contribution in [0, 0.1) is 6.92 Å². The Morgan fingerprint density at radius 3 is 2.52 bits per heavy atom. The molecule has 9 heteroatoms. The first-order valence-electron chi connectivity index (χ1n) is 5.92. The van der Waals surface area contributed by atoms with Crippen molar-refractivity contribution >= 4 is 15.9 Å². The van der Waals surface area contributed by atoms with Gasteiger partial charge in [0.25, 0.3) is 0 Å². The zero-order valence-electron chi connectivity index (χ0n) is 11.1. The fourth-order valence-electron chi connectivity index (χ4n) is 1.84. The van der Waals surface area contributed by atoms with Crippen LogP contribution in [-0.2, 0) is 0 Å². The monoisotopic (exact) mass is 364 g/mol. The smallest absolute Gasteiger partial charge is 0.405 e. The molecule has 1 aromatic heterocycles. The average molecular weight is 365 g/mol. The molecule has 0 spiro atoms. The quantitative estimate of drug-likeness (QED) is 0.907. The molecule has 1 aromatic carbocycles. The molecule has 1 unspecified atom stereocenters. The van der Waals surface area contributed by atoms with E-state index < -0.39 is 6.36 Å². The van der Waals surface area contributed by atoms with Crippen LogP contribution in [0.2, 0.25) is 0 Å². The molecule has 0 radical (unpaired) electrons. The van der Waals surface area contributed by atoms with E-state index in [9.17, 15) is 13.2 Å². The Hall–Kier alpha value is -1.61. The molecule has 0 aliphatic carbocycles. The van der Waals surface area contributed by atoms with Gasteiger partial charge >= 0.3 is 6.36 Å². The normalized spacial score (nSPS) is 13.3. The van der Waals surface area contributed by atoms with E-state index in [1.807, 2.05) is 0 Å². The fraction of sp³-hybridized carbons (Fsp3) is 0.333. The first-order valence-corrected chi connectivity index (χ1v) is 6.72. The number of halogens is 4. The molecular weight excluding hydrogens is 353 g/mol. The predicted octanol–water partition coefficient (Wildman–Crippen LogP) is 3.26. The van der Waals surface area contributed by atoms with Gasteiger partial charge in [-0.1, -0.05) is 5.21 Å². The summed E-state index contributed by atoms with van der Waals surface area (Å²) in [6.45, 7) is 3.56. The lowest BCUT2D eigenvalue weighted by atomic mass is 10.2. The Balaban J connectivity index is 2.37. The first kappa shape index (κ1) is 15.8. The lowest BCUT2D eigenvalue weighted by Gasteiger charge is -2.12. The number of hydrogen-bond acceptors (Lipinski definition) is 4. The van der Waals surface area contributed by atoms with Gasteiger partial charge in [0.05, 0.1) is 15.9 Å². The Kier molecular flexibility index (Phi) is 4.24. The summed E-state index contributed by atoms with van der Waals surface area (Å²) in [5.41, 5.74) is 7.66. The highest BCUT2D eigenvalue weighted by Gasteiger charge is 2.32. The van der Waals surface area contributed by atoms with Gasteiger partial charge in [0, 0.05) is 6.04 Å². The summed E-state index contributed by atoms with van der Waals surface area (Å²) in [5.74, 6) is -0.323. The van der Waals surface area contributed by atoms with Crippen LogP contribution in [-0.4, -0.2) is 21.4 Å². The van der Waals surface area contributed by atoms with E-state index in [-0.39, 0.29) is 16.3 Å². The Morgan fingerprint density at radius 1 is 1.38 bits per heavy atom. The van der Waals surface area contributed by atoms with Gasteiger partial charge in [-0.25, -0.2) is 4.68 Å². The summed E-state index contributed by atoms with van der Waals surface area (Å²) >= 11 is 3.05. The van der Waals surface area contributed by atoms with Crippen molar-refractivity contribution in [1.82, 2.24) is 15.0 Å². The highest BCUT2D eigenvalue weighted by Crippen LogP contribution is 2.32. The second-order valence-corrected chi connectivity index (χ2v) is 5.28. The molecule has 2 N–H and O–H groups in total. The topological polar surface area (TPSA) is 66.0 Å². The van der Waals surface area contributed by atoms with Crippen LogP contribution in [0.25, 0.3) is 5.69 Å². The lowest BCUT2D eigenvalue weighted by Crippen LogP contribution is -2.17. The summed E-state index contributed by atoms with van der Waals surface area (Å²) in [7, 11) is 0. The number of hydrogen-bond donors (Lipinski definition) is 1. The molecule has 21 heavy (non-hydrogen) atoms. The summed E-state index contributed by atoms with van der Waals surface area (Å²) in [4.78, 5) is 0. The maximum absolute atomic E-state index is 12.2. The van der Waals surface area contributed by atoms with E-state index in [0.29, 0.717) is 11.4 Å². The second kappa shape index (κ2) is 5.64. The molecular formula is C12H12BrF3N4O. The Labute approximate surface area is 127 Å². The van der Waals surface area contributed by atoms with Gasteiger partial charge in [-0.05, 0) is 48.0 Å². The maximum Gasteiger partial charge on any atom is 0.573 e. The number of nitrogens with zero attached hydrogens (tertiary/aromatic N) is 3. The molecule has 0 aliphatic rings. The van der Waals surface area contributed by atoms with Crippen molar-refractivity contribution in [3.05, 3.63) is 34.1 Å². The molecule has 0 amide bonds. The molecule has 0 aliphatic heterocycles. The van der Waals surface area contributed by atoms with Crippen molar-refractivity contribution in [1.29, 1.82) is 0 Å². The summed E-state index contributed by atoms with van der Waals surface area (Å²) in [5, 5.41) is 7.92. The minimum Gasteiger partial charge on any atom is -0.405 e. The summed E-state index contributed by atoms with van der Waals surface area (Å²) < 4.78 is 42.2. The van der Waals surface area contributed by atoms with E-state index in [1.165, 1.54) is 22.9 Å². The van der Waals surface area contributed by atoms with E-state index in [4.69, 9.17) is 5.73 Å². The molecule has 1 heterocycles. The first-order chi connectivity index (χ1) is 9.69. The van der Waals surface area contributed by atoms with Gasteiger partial charge in [0.2, 0.25) is 0 Å². The van der Waals surface area contributed by atoms with Gasteiger partial charge in [-0.15, -0.1) is 18.3 Å². The van der Waals surface area contributed by atoms with Gasteiger partial charge < -0.3 is 10.5 Å². The fourth-order valence-corrected chi connectivity index (χ4v) is 2.28. The second-order valence-electron chi connectivity index (χ2n) is 4.42. The highest BCUT2D eigenvalue weighted by atomic mass is 79.9. The van der Waals surface area contributed by atoms with Crippen LogP contribution in [0.4, 0.5) is 13.2 Å². The Bertz CT molecular complexity index is 654. The van der Waals surface area contributed by atoms with Crippen LogP contribution < -0.4 is 10.5 Å². The molecule has 2 rings (SSSR count). The van der Waals surface area contributed by atoms with Gasteiger partial charge in [-0.3, -0.25) is 0 Å². The standard InChI is InChI=1S/C12H12BrF3N4O/c1-6(17)11-7(2)20(19-18-11)8-3-4-10(9(13)5-8)21-12(14,15)16/h3-6H,17H2,1-2H3. The molecule has 0 saturated carbocycles. The molecule has 5 nitrogen and oxygen atoms in total. The van der Waals surface area contributed by atoms with Crippen molar-refractivity contribution in [2.45, 2.75) is 26.3 Å². The van der Waals surface area contributed by atoms with E-state index in [1.54, 1.807) is 13.8 Å². The number of rotatable bonds is 3. The molecule has 2 aromatic rings. The average Bonchev–Trinajstić information content (AvgIpc) is 2.72. The zero-order valence-corrected chi connectivity index (χ0v) is 12.7. The van der Waals surface area contributed by atoms with Crippen LogP contribution in [0.1, 0.15) is 24.4 Å². The highest BCUT2D eigenvalue weighted by molar-refractivity contribution is 9.10. The van der Waals surface area contributed by atoms with Crippen molar-refractivity contribution < 1.29 is 17.9 Å². The summed E-state index contributed by atoms with van der Waals surface area (Å²) in [6, 6.07) is 3.85. The third-order valence-corrected chi connectivity index (χ3v) is 3.37. The number of nitrogens with two attached hydrogens (primary N) is 1. The van der Waals surface area contributed by atoms with Crippen LogP contribution in [0.3, 0.4) is 0 Å². The van der Waals surface area contributed by atoms with Gasteiger partial charge in [0.15, 0.2) is 0 Å². The third-order valence-electron chi connectivity index (χ3n) is 2.75. The lowest BCUT2D eigenvalue weighted by molar-refractivity contribution is -0.274. The molecule has 114 valence electrons. The number of benzene rings is 1. The molecule has 1 atom stereocenters. The third kappa shape index (κ3) is 3.53. The minimum absolute atomic E-state index is 0.162. The Morgan fingerprint density at radius 2 is 2.05 bits per heavy atom. The largest absolute Gasteiger partial charge is 0.573 e. The van der Waals surface area contributed by atoms with E-state index in [0.717, 1.165) is 5.69 Å². The van der Waals surface area contributed by atoms with Crippen molar-refractivity contribution in [2.24, 2.45) is 5.73 Å². The van der Waals surface area contributed by atoms with E-state index in [2.05, 4.69) is 31.0 Å². The maximum atomic E-state index is 12.2. The van der Waals surface area contributed by atoms with Gasteiger partial charge in [0.1, 0.15) is 11.4 Å². The molecule has 0 fully saturated rings. The molecule has 0 bridgehead atoms. The van der Waals surface area contributed by atoms with Crippen LogP contribution in [0.5, 0.6) is 5.75 Å². The van der Waals surface area contributed by atoms with Crippen molar-refractivity contribution in [3.63, 3.8) is 0 Å². The van der Waals surface area contributed by atoms with Crippen LogP contribution in [0.15, 0.2) is 22.7 Å².